The molecule has 0 unspecified atom stereocenters. The number of carbonyl (C=O) groups excluding carboxylic acids is 8. The first kappa shape index (κ1) is 45.2. The zero-order valence-corrected chi connectivity index (χ0v) is 29.2. The standard InChI is InChI=1S/C26H46N12O10S2/c1-13(39)34-11-49-9-15(27)22(45)37-16(4-3-5-31-26(29)30)23(46)33-8-20(42)36-17(6-21(43)44)25(48)38-18(10-50-12-35-14(2)40)24(47)32-7-19(28)41/h15-18H,3-12,27H2,1-2H3,(H2,28,41)(H,32,47)(H,33,46)(H,34,39)(H,35,40)(H,36,42)(H,37,45)(H,38,48)(H,43,44)(H4,29,30,31)/t15-,16-,17-,18-/m0/s1. The van der Waals surface area contributed by atoms with Crippen molar-refractivity contribution in [3.05, 3.63) is 0 Å². The van der Waals surface area contributed by atoms with Crippen LogP contribution in [0.3, 0.4) is 0 Å². The second-order valence-electron chi connectivity index (χ2n) is 10.3. The normalized spacial score (nSPS) is 12.8. The number of nitrogens with two attached hydrogens (primary N) is 4. The Bertz CT molecular complexity index is 1250. The molecule has 0 aromatic heterocycles. The quantitative estimate of drug-likeness (QED) is 0.0179. The van der Waals surface area contributed by atoms with E-state index >= 15 is 0 Å². The van der Waals surface area contributed by atoms with Crippen LogP contribution >= 0.6 is 23.5 Å². The maximum atomic E-state index is 13.0. The summed E-state index contributed by atoms with van der Waals surface area (Å²) in [6, 6.07) is -5.33. The number of thioether (sulfide) groups is 2. The first-order chi connectivity index (χ1) is 23.4. The summed E-state index contributed by atoms with van der Waals surface area (Å²) in [4.78, 5) is 113. The minimum atomic E-state index is -1.72. The van der Waals surface area contributed by atoms with Crippen molar-refractivity contribution < 1.29 is 48.3 Å². The summed E-state index contributed by atoms with van der Waals surface area (Å²) in [5.74, 6) is -7.39. The Balaban J connectivity index is 5.55. The Hall–Kier alpha value is -4.84. The lowest BCUT2D eigenvalue weighted by molar-refractivity contribution is -0.141. The lowest BCUT2D eigenvalue weighted by Crippen LogP contribution is -2.57. The van der Waals surface area contributed by atoms with Gasteiger partial charge in [-0.1, -0.05) is 0 Å². The molecule has 24 heteroatoms. The Morgan fingerprint density at radius 1 is 0.680 bits per heavy atom. The Labute approximate surface area is 295 Å². The van der Waals surface area contributed by atoms with Gasteiger partial charge < -0.3 is 65.3 Å². The van der Waals surface area contributed by atoms with Crippen molar-refractivity contribution in [3.8, 4) is 0 Å². The number of rotatable bonds is 25. The molecule has 22 nitrogen and oxygen atoms in total. The number of guanidine groups is 1. The van der Waals surface area contributed by atoms with Gasteiger partial charge in [0.2, 0.25) is 47.3 Å². The molecule has 0 aliphatic rings. The van der Waals surface area contributed by atoms with Crippen LogP contribution in [0.5, 0.6) is 0 Å². The highest BCUT2D eigenvalue weighted by atomic mass is 32.2. The van der Waals surface area contributed by atoms with Crippen LogP contribution in [-0.4, -0.2) is 131 Å². The first-order valence-electron chi connectivity index (χ1n) is 14.8. The summed E-state index contributed by atoms with van der Waals surface area (Å²) >= 11 is 2.19. The second kappa shape index (κ2) is 25.2. The Kier molecular flexibility index (Phi) is 22.7. The number of carboxylic acids is 1. The molecule has 8 amide bonds. The minimum absolute atomic E-state index is 0.0188. The molecule has 0 saturated carbocycles. The van der Waals surface area contributed by atoms with E-state index in [1.165, 1.54) is 25.6 Å². The van der Waals surface area contributed by atoms with Crippen molar-refractivity contribution in [3.63, 3.8) is 0 Å². The fourth-order valence-corrected chi connectivity index (χ4v) is 5.19. The third-order valence-electron chi connectivity index (χ3n) is 5.87. The van der Waals surface area contributed by atoms with E-state index in [9.17, 15) is 48.3 Å². The molecule has 0 heterocycles. The summed E-state index contributed by atoms with van der Waals surface area (Å²) in [6.45, 7) is 1.39. The van der Waals surface area contributed by atoms with Crippen LogP contribution in [-0.2, 0) is 43.2 Å². The number of aliphatic carboxylic acids is 1. The minimum Gasteiger partial charge on any atom is -0.481 e. The number of primary amides is 1. The third kappa shape index (κ3) is 22.7. The SMILES string of the molecule is CC(=O)NCSC[C@H](NC(=O)[C@H](CC(=O)O)NC(=O)CNC(=O)[C@H](CCCN=C(N)N)NC(=O)[C@@H](N)CSCNC(C)=O)C(=O)NCC(N)=O. The van der Waals surface area contributed by atoms with E-state index in [1.807, 2.05) is 0 Å². The monoisotopic (exact) mass is 750 g/mol. The summed E-state index contributed by atoms with van der Waals surface area (Å²) in [5, 5.41) is 25.8. The highest BCUT2D eigenvalue weighted by molar-refractivity contribution is 7.99. The molecule has 0 fully saturated rings. The van der Waals surface area contributed by atoms with Gasteiger partial charge in [0, 0.05) is 31.9 Å². The lowest BCUT2D eigenvalue weighted by atomic mass is 10.1. The number of nitrogens with one attached hydrogen (secondary N) is 7. The van der Waals surface area contributed by atoms with Crippen molar-refractivity contribution in [1.82, 2.24) is 37.2 Å². The van der Waals surface area contributed by atoms with Gasteiger partial charge in [-0.05, 0) is 12.8 Å². The van der Waals surface area contributed by atoms with Crippen LogP contribution < -0.4 is 60.2 Å². The summed E-state index contributed by atoms with van der Waals surface area (Å²) in [6.07, 6.45) is -0.667. The molecule has 0 aliphatic heterocycles. The van der Waals surface area contributed by atoms with Crippen molar-refractivity contribution in [2.75, 3.05) is 42.9 Å². The van der Waals surface area contributed by atoms with E-state index in [0.717, 1.165) is 11.8 Å². The molecule has 50 heavy (non-hydrogen) atoms. The molecule has 282 valence electrons. The van der Waals surface area contributed by atoms with Crippen LogP contribution in [0.1, 0.15) is 33.1 Å². The Morgan fingerprint density at radius 2 is 1.22 bits per heavy atom. The van der Waals surface area contributed by atoms with Crippen LogP contribution in [0.2, 0.25) is 0 Å². The zero-order valence-electron chi connectivity index (χ0n) is 27.6. The zero-order chi connectivity index (χ0) is 38.2. The van der Waals surface area contributed by atoms with Crippen molar-refractivity contribution in [2.24, 2.45) is 27.9 Å². The number of amides is 8. The number of aliphatic imine (C=N–C) groups is 1. The molecule has 16 N–H and O–H groups in total. The molecule has 0 radical (unpaired) electrons. The molecule has 0 aliphatic carbocycles. The molecule has 0 bridgehead atoms. The van der Waals surface area contributed by atoms with Crippen molar-refractivity contribution in [2.45, 2.75) is 57.3 Å². The largest absolute Gasteiger partial charge is 0.481 e. The molecule has 0 aromatic carbocycles. The number of hydrogen-bond donors (Lipinski definition) is 12. The fraction of sp³-hybridized carbons (Fsp3) is 0.615. The summed E-state index contributed by atoms with van der Waals surface area (Å²) in [7, 11) is 0. The predicted molar refractivity (Wildman–Crippen MR) is 183 cm³/mol. The maximum absolute atomic E-state index is 13.0. The van der Waals surface area contributed by atoms with Gasteiger partial charge in [-0.2, -0.15) is 0 Å². The van der Waals surface area contributed by atoms with E-state index in [2.05, 4.69) is 42.2 Å². The number of nitrogens with zero attached hydrogens (tertiary/aromatic N) is 1. The average Bonchev–Trinajstić information content (AvgIpc) is 3.02. The van der Waals surface area contributed by atoms with Crippen molar-refractivity contribution in [1.29, 1.82) is 0 Å². The van der Waals surface area contributed by atoms with E-state index < -0.39 is 85.1 Å². The molecule has 4 atom stereocenters. The summed E-state index contributed by atoms with van der Waals surface area (Å²) < 4.78 is 0. The first-order valence-corrected chi connectivity index (χ1v) is 17.1. The molecule has 0 saturated heterocycles. The Morgan fingerprint density at radius 3 is 1.76 bits per heavy atom. The van der Waals surface area contributed by atoms with Gasteiger partial charge in [0.15, 0.2) is 5.96 Å². The highest BCUT2D eigenvalue weighted by Crippen LogP contribution is 2.05. The molecule has 0 aromatic rings. The van der Waals surface area contributed by atoms with E-state index in [0.29, 0.717) is 0 Å². The molecular formula is C26H46N12O10S2. The topological polar surface area (TPSA) is 375 Å². The van der Waals surface area contributed by atoms with E-state index in [-0.39, 0.29) is 60.4 Å². The van der Waals surface area contributed by atoms with Gasteiger partial charge >= 0.3 is 5.97 Å². The van der Waals surface area contributed by atoms with Gasteiger partial charge in [-0.25, -0.2) is 0 Å². The third-order valence-corrected chi connectivity index (χ3v) is 7.73. The van der Waals surface area contributed by atoms with Gasteiger partial charge in [-0.3, -0.25) is 48.1 Å². The molecule has 0 rings (SSSR count). The number of carboxylic acid groups (broad SMARTS) is 1. The van der Waals surface area contributed by atoms with Gasteiger partial charge in [-0.15, -0.1) is 23.5 Å². The lowest BCUT2D eigenvalue weighted by Gasteiger charge is -2.23. The number of hydrogen-bond acceptors (Lipinski definition) is 13. The van der Waals surface area contributed by atoms with Gasteiger partial charge in [0.25, 0.3) is 0 Å². The van der Waals surface area contributed by atoms with Crippen LogP contribution in [0.25, 0.3) is 0 Å². The fourth-order valence-electron chi connectivity index (χ4n) is 3.47. The van der Waals surface area contributed by atoms with Gasteiger partial charge in [0.05, 0.1) is 37.3 Å². The smallest absolute Gasteiger partial charge is 0.305 e. The van der Waals surface area contributed by atoms with E-state index in [4.69, 9.17) is 22.9 Å². The number of carbonyl (C=O) groups is 9. The van der Waals surface area contributed by atoms with Crippen LogP contribution in [0, 0.1) is 0 Å². The average molecular weight is 751 g/mol. The van der Waals surface area contributed by atoms with Crippen LogP contribution in [0.4, 0.5) is 0 Å². The predicted octanol–water partition coefficient (Wildman–Crippen LogP) is -6.33. The van der Waals surface area contributed by atoms with Gasteiger partial charge in [0.1, 0.15) is 18.1 Å². The van der Waals surface area contributed by atoms with Crippen molar-refractivity contribution >= 4 is 82.7 Å². The highest BCUT2D eigenvalue weighted by Gasteiger charge is 2.29. The second-order valence-corrected chi connectivity index (χ2v) is 12.4. The molecule has 0 spiro atoms. The van der Waals surface area contributed by atoms with Crippen LogP contribution in [0.15, 0.2) is 4.99 Å². The maximum Gasteiger partial charge on any atom is 0.305 e. The van der Waals surface area contributed by atoms with E-state index in [1.54, 1.807) is 0 Å². The summed E-state index contributed by atoms with van der Waals surface area (Å²) in [5.41, 5.74) is 21.6. The molecular weight excluding hydrogens is 704 g/mol.